The molecule has 2 aromatic carbocycles. The summed E-state index contributed by atoms with van der Waals surface area (Å²) in [6.45, 7) is 9.12. The summed E-state index contributed by atoms with van der Waals surface area (Å²) in [4.78, 5) is 4.80. The fourth-order valence-corrected chi connectivity index (χ4v) is 5.02. The lowest BCUT2D eigenvalue weighted by Crippen LogP contribution is -2.07. The molecule has 4 rings (SSSR count). The monoisotopic (exact) mass is 462 g/mol. The molecule has 0 aliphatic carbocycles. The number of allylic oxidation sites excluding steroid dienone is 1. The first-order chi connectivity index (χ1) is 15.7. The van der Waals surface area contributed by atoms with E-state index in [9.17, 15) is 0 Å². The highest BCUT2D eigenvalue weighted by atomic mass is 32.2. The summed E-state index contributed by atoms with van der Waals surface area (Å²) in [5.41, 5.74) is 4.73. The highest BCUT2D eigenvalue weighted by Crippen LogP contribution is 2.28. The minimum atomic E-state index is 0.362. The Labute approximate surface area is 197 Å². The fourth-order valence-electron chi connectivity index (χ4n) is 3.24. The Kier molecular flexibility index (Phi) is 7.39. The SMILES string of the molecule is C=CCn1c(COc2ccc(CC)cc2)nnc1SCc1csc(-c2cccc(C)c2)n1. The van der Waals surface area contributed by atoms with Crippen LogP contribution in [0.15, 0.2) is 71.7 Å². The van der Waals surface area contributed by atoms with Crippen LogP contribution >= 0.6 is 23.1 Å². The lowest BCUT2D eigenvalue weighted by Gasteiger charge is -2.09. The highest BCUT2D eigenvalue weighted by molar-refractivity contribution is 7.98. The van der Waals surface area contributed by atoms with Gasteiger partial charge in [0.25, 0.3) is 0 Å². The van der Waals surface area contributed by atoms with E-state index in [1.54, 1.807) is 23.1 Å². The van der Waals surface area contributed by atoms with Crippen molar-refractivity contribution in [1.82, 2.24) is 19.7 Å². The Hall–Kier alpha value is -2.90. The van der Waals surface area contributed by atoms with E-state index in [1.807, 2.05) is 22.8 Å². The number of hydrogen-bond donors (Lipinski definition) is 0. The van der Waals surface area contributed by atoms with Gasteiger partial charge >= 0.3 is 0 Å². The van der Waals surface area contributed by atoms with Gasteiger partial charge in [-0.2, -0.15) is 0 Å². The number of benzene rings is 2. The second-order valence-corrected chi connectivity index (χ2v) is 9.19. The van der Waals surface area contributed by atoms with Crippen LogP contribution in [0.25, 0.3) is 10.6 Å². The summed E-state index contributed by atoms with van der Waals surface area (Å²) in [5, 5.41) is 12.7. The third-order valence-corrected chi connectivity index (χ3v) is 6.91. The molecule has 0 unspecified atom stereocenters. The molecule has 0 spiro atoms. The van der Waals surface area contributed by atoms with Gasteiger partial charge in [-0.3, -0.25) is 4.57 Å². The van der Waals surface area contributed by atoms with E-state index >= 15 is 0 Å². The van der Waals surface area contributed by atoms with E-state index in [0.717, 1.165) is 45.2 Å². The van der Waals surface area contributed by atoms with E-state index in [0.29, 0.717) is 13.2 Å². The molecular weight excluding hydrogens is 436 g/mol. The number of ether oxygens (including phenoxy) is 1. The van der Waals surface area contributed by atoms with Crippen LogP contribution in [0.5, 0.6) is 5.75 Å². The van der Waals surface area contributed by atoms with E-state index in [1.165, 1.54) is 11.1 Å². The first-order valence-electron chi connectivity index (χ1n) is 10.5. The molecule has 0 amide bonds. The Morgan fingerprint density at radius 1 is 1.16 bits per heavy atom. The molecule has 4 aromatic rings. The average Bonchev–Trinajstić information content (AvgIpc) is 3.44. The lowest BCUT2D eigenvalue weighted by molar-refractivity contribution is 0.289. The van der Waals surface area contributed by atoms with Gasteiger partial charge in [0.05, 0.1) is 5.69 Å². The van der Waals surface area contributed by atoms with Crippen LogP contribution in [0.4, 0.5) is 0 Å². The molecule has 164 valence electrons. The summed E-state index contributed by atoms with van der Waals surface area (Å²) in [6.07, 6.45) is 2.87. The molecule has 0 radical (unpaired) electrons. The number of rotatable bonds is 10. The molecule has 2 heterocycles. The molecule has 0 aliphatic rings. The van der Waals surface area contributed by atoms with Crippen molar-refractivity contribution < 1.29 is 4.74 Å². The summed E-state index contributed by atoms with van der Waals surface area (Å²) in [6, 6.07) is 16.6. The predicted molar refractivity (Wildman–Crippen MR) is 132 cm³/mol. The molecule has 2 aromatic heterocycles. The van der Waals surface area contributed by atoms with Crippen molar-refractivity contribution in [2.45, 2.75) is 44.3 Å². The van der Waals surface area contributed by atoms with Crippen molar-refractivity contribution in [3.8, 4) is 16.3 Å². The van der Waals surface area contributed by atoms with Crippen molar-refractivity contribution >= 4 is 23.1 Å². The minimum Gasteiger partial charge on any atom is -0.486 e. The second kappa shape index (κ2) is 10.6. The van der Waals surface area contributed by atoms with Gasteiger partial charge in [-0.25, -0.2) is 4.98 Å². The molecule has 5 nitrogen and oxygen atoms in total. The normalized spacial score (nSPS) is 10.9. The standard InChI is InChI=1S/C25H26N4OS2/c1-4-13-29-23(15-30-22-11-9-19(5-2)10-12-22)27-28-25(29)32-17-21-16-31-24(26-21)20-8-6-7-18(3)14-20/h4,6-12,14,16H,1,5,13,15,17H2,2-3H3. The van der Waals surface area contributed by atoms with Crippen LogP contribution in [0.2, 0.25) is 0 Å². The molecule has 0 saturated heterocycles. The molecule has 0 saturated carbocycles. The minimum absolute atomic E-state index is 0.362. The number of nitrogens with zero attached hydrogens (tertiary/aromatic N) is 4. The van der Waals surface area contributed by atoms with Gasteiger partial charge in [-0.1, -0.05) is 60.7 Å². The second-order valence-electron chi connectivity index (χ2n) is 7.39. The maximum absolute atomic E-state index is 5.94. The van der Waals surface area contributed by atoms with Crippen LogP contribution < -0.4 is 4.74 Å². The predicted octanol–water partition coefficient (Wildman–Crippen LogP) is 6.33. The summed E-state index contributed by atoms with van der Waals surface area (Å²) in [7, 11) is 0. The van der Waals surface area contributed by atoms with Gasteiger partial charge < -0.3 is 4.74 Å². The Balaban J connectivity index is 1.41. The number of hydrogen-bond acceptors (Lipinski definition) is 6. The smallest absolute Gasteiger partial charge is 0.191 e. The van der Waals surface area contributed by atoms with Gasteiger partial charge in [-0.15, -0.1) is 28.1 Å². The zero-order valence-corrected chi connectivity index (χ0v) is 20.0. The summed E-state index contributed by atoms with van der Waals surface area (Å²) < 4.78 is 7.99. The zero-order chi connectivity index (χ0) is 22.3. The number of aromatic nitrogens is 4. The molecule has 32 heavy (non-hydrogen) atoms. The first-order valence-corrected chi connectivity index (χ1v) is 12.4. The Morgan fingerprint density at radius 2 is 2.00 bits per heavy atom. The average molecular weight is 463 g/mol. The largest absolute Gasteiger partial charge is 0.486 e. The van der Waals surface area contributed by atoms with Crippen molar-refractivity contribution in [3.63, 3.8) is 0 Å². The van der Waals surface area contributed by atoms with Crippen molar-refractivity contribution in [2.24, 2.45) is 0 Å². The van der Waals surface area contributed by atoms with Gasteiger partial charge in [0, 0.05) is 23.2 Å². The van der Waals surface area contributed by atoms with E-state index in [-0.39, 0.29) is 0 Å². The van der Waals surface area contributed by atoms with E-state index in [2.05, 4.69) is 72.4 Å². The molecule has 0 aliphatic heterocycles. The molecule has 0 atom stereocenters. The van der Waals surface area contributed by atoms with Crippen LogP contribution in [0.1, 0.15) is 29.6 Å². The van der Waals surface area contributed by atoms with Crippen LogP contribution in [-0.4, -0.2) is 19.7 Å². The lowest BCUT2D eigenvalue weighted by atomic mass is 10.1. The van der Waals surface area contributed by atoms with Crippen molar-refractivity contribution in [1.29, 1.82) is 0 Å². The van der Waals surface area contributed by atoms with Crippen molar-refractivity contribution in [3.05, 3.63) is 89.2 Å². The topological polar surface area (TPSA) is 52.8 Å². The highest BCUT2D eigenvalue weighted by Gasteiger charge is 2.14. The maximum Gasteiger partial charge on any atom is 0.191 e. The third-order valence-electron chi connectivity index (χ3n) is 4.97. The van der Waals surface area contributed by atoms with Crippen LogP contribution in [0.3, 0.4) is 0 Å². The van der Waals surface area contributed by atoms with Gasteiger partial charge in [-0.05, 0) is 37.1 Å². The Morgan fingerprint density at radius 3 is 2.75 bits per heavy atom. The van der Waals surface area contributed by atoms with E-state index in [4.69, 9.17) is 9.72 Å². The molecular formula is C25H26N4OS2. The van der Waals surface area contributed by atoms with Crippen LogP contribution in [-0.2, 0) is 25.3 Å². The molecule has 0 N–H and O–H groups in total. The molecule has 0 bridgehead atoms. The molecule has 7 heteroatoms. The number of thiazole rings is 1. The zero-order valence-electron chi connectivity index (χ0n) is 18.3. The summed E-state index contributed by atoms with van der Waals surface area (Å²) in [5.74, 6) is 2.35. The van der Waals surface area contributed by atoms with Crippen molar-refractivity contribution in [2.75, 3.05) is 0 Å². The first kappa shape index (κ1) is 22.3. The summed E-state index contributed by atoms with van der Waals surface area (Å²) >= 11 is 3.30. The van der Waals surface area contributed by atoms with E-state index < -0.39 is 0 Å². The number of thioether (sulfide) groups is 1. The number of aryl methyl sites for hydroxylation is 2. The van der Waals surface area contributed by atoms with Crippen LogP contribution in [0, 0.1) is 6.92 Å². The Bertz CT molecular complexity index is 1180. The quantitative estimate of drug-likeness (QED) is 0.204. The van der Waals surface area contributed by atoms with Gasteiger partial charge in [0.15, 0.2) is 11.0 Å². The maximum atomic E-state index is 5.94. The van der Waals surface area contributed by atoms with Gasteiger partial charge in [0.1, 0.15) is 17.4 Å². The van der Waals surface area contributed by atoms with Gasteiger partial charge in [0.2, 0.25) is 0 Å². The molecule has 0 fully saturated rings. The third kappa shape index (κ3) is 5.47. The fraction of sp³-hybridized carbons (Fsp3) is 0.240.